The van der Waals surface area contributed by atoms with Crippen LogP contribution in [0.15, 0.2) is 12.5 Å². The predicted molar refractivity (Wildman–Crippen MR) is 44.0 cm³/mol. The van der Waals surface area contributed by atoms with Crippen LogP contribution in [0.4, 0.5) is 0 Å². The van der Waals surface area contributed by atoms with Crippen LogP contribution in [-0.2, 0) is 11.3 Å². The van der Waals surface area contributed by atoms with Crippen LogP contribution >= 0.6 is 0 Å². The van der Waals surface area contributed by atoms with Crippen molar-refractivity contribution in [1.29, 1.82) is 0 Å². The molecule has 0 spiro atoms. The number of imidazole rings is 1. The van der Waals surface area contributed by atoms with Gasteiger partial charge in [-0.15, -0.1) is 0 Å². The van der Waals surface area contributed by atoms with Crippen molar-refractivity contribution in [3.05, 3.63) is 18.2 Å². The molecule has 1 rings (SSSR count). The Bertz CT molecular complexity index is 278. The second-order valence-corrected chi connectivity index (χ2v) is 2.99. The van der Waals surface area contributed by atoms with E-state index in [-0.39, 0.29) is 6.54 Å². The summed E-state index contributed by atoms with van der Waals surface area (Å²) in [6.45, 7) is 4.01. The van der Waals surface area contributed by atoms with E-state index in [1.165, 1.54) is 0 Å². The number of carboxylic acid groups (broad SMARTS) is 1. The summed E-state index contributed by atoms with van der Waals surface area (Å²) in [7, 11) is 0. The van der Waals surface area contributed by atoms with Gasteiger partial charge in [0, 0.05) is 11.9 Å². The third kappa shape index (κ3) is 1.84. The van der Waals surface area contributed by atoms with E-state index in [1.807, 2.05) is 13.8 Å². The van der Waals surface area contributed by atoms with Gasteiger partial charge >= 0.3 is 5.97 Å². The summed E-state index contributed by atoms with van der Waals surface area (Å²) in [6.07, 6.45) is 3.25. The highest BCUT2D eigenvalue weighted by molar-refractivity contribution is 5.66. The maximum atomic E-state index is 10.4. The topological polar surface area (TPSA) is 55.1 Å². The fourth-order valence-electron chi connectivity index (χ4n) is 1.09. The summed E-state index contributed by atoms with van der Waals surface area (Å²) < 4.78 is 1.65. The second kappa shape index (κ2) is 3.38. The van der Waals surface area contributed by atoms with E-state index < -0.39 is 5.97 Å². The maximum absolute atomic E-state index is 10.4. The van der Waals surface area contributed by atoms with Gasteiger partial charge in [0.15, 0.2) is 0 Å². The molecule has 0 saturated heterocycles. The molecule has 0 bridgehead atoms. The van der Waals surface area contributed by atoms with Crippen molar-refractivity contribution in [2.24, 2.45) is 0 Å². The third-order valence-corrected chi connectivity index (χ3v) is 1.64. The Morgan fingerprint density at radius 1 is 1.75 bits per heavy atom. The van der Waals surface area contributed by atoms with E-state index in [2.05, 4.69) is 4.98 Å². The van der Waals surface area contributed by atoms with Crippen molar-refractivity contribution < 1.29 is 9.90 Å². The minimum absolute atomic E-state index is 0.00644. The molecule has 1 aromatic heterocycles. The first-order valence-corrected chi connectivity index (χ1v) is 3.83. The van der Waals surface area contributed by atoms with Gasteiger partial charge in [-0.1, -0.05) is 13.8 Å². The third-order valence-electron chi connectivity index (χ3n) is 1.64. The smallest absolute Gasteiger partial charge is 0.323 e. The first-order valence-electron chi connectivity index (χ1n) is 3.83. The molecule has 0 aromatic carbocycles. The molecule has 0 atom stereocenters. The van der Waals surface area contributed by atoms with Gasteiger partial charge in [0.1, 0.15) is 6.54 Å². The summed E-state index contributed by atoms with van der Waals surface area (Å²) in [5.74, 6) is -0.526. The molecule has 0 unspecified atom stereocenters. The summed E-state index contributed by atoms with van der Waals surface area (Å²) in [4.78, 5) is 14.3. The number of hydrogen-bond donors (Lipinski definition) is 1. The molecule has 0 amide bonds. The Hall–Kier alpha value is -1.32. The van der Waals surface area contributed by atoms with Crippen LogP contribution in [0.3, 0.4) is 0 Å². The number of carboxylic acids is 1. The van der Waals surface area contributed by atoms with E-state index in [4.69, 9.17) is 5.11 Å². The monoisotopic (exact) mass is 168 g/mol. The lowest BCUT2D eigenvalue weighted by Crippen LogP contribution is -2.11. The lowest BCUT2D eigenvalue weighted by molar-refractivity contribution is -0.137. The lowest BCUT2D eigenvalue weighted by atomic mass is 10.1. The van der Waals surface area contributed by atoms with Crippen molar-refractivity contribution in [3.8, 4) is 0 Å². The molecule has 1 aromatic rings. The van der Waals surface area contributed by atoms with Crippen LogP contribution < -0.4 is 0 Å². The van der Waals surface area contributed by atoms with E-state index >= 15 is 0 Å². The van der Waals surface area contributed by atoms with Gasteiger partial charge in [0.2, 0.25) is 0 Å². The Morgan fingerprint density at radius 2 is 2.42 bits per heavy atom. The Morgan fingerprint density at radius 3 is 2.92 bits per heavy atom. The zero-order chi connectivity index (χ0) is 9.14. The highest BCUT2D eigenvalue weighted by atomic mass is 16.4. The molecule has 0 fully saturated rings. The molecule has 0 aliphatic carbocycles. The van der Waals surface area contributed by atoms with Gasteiger partial charge in [0.05, 0.1) is 6.33 Å². The Kier molecular flexibility index (Phi) is 2.47. The first kappa shape index (κ1) is 8.77. The second-order valence-electron chi connectivity index (χ2n) is 2.99. The molecule has 12 heavy (non-hydrogen) atoms. The summed E-state index contributed by atoms with van der Waals surface area (Å²) >= 11 is 0. The largest absolute Gasteiger partial charge is 0.480 e. The van der Waals surface area contributed by atoms with Crippen LogP contribution in [0.1, 0.15) is 25.5 Å². The van der Waals surface area contributed by atoms with Gasteiger partial charge in [0.25, 0.3) is 0 Å². The van der Waals surface area contributed by atoms with Crippen molar-refractivity contribution in [1.82, 2.24) is 9.55 Å². The normalized spacial score (nSPS) is 10.6. The van der Waals surface area contributed by atoms with Gasteiger partial charge in [-0.3, -0.25) is 4.79 Å². The lowest BCUT2D eigenvalue weighted by Gasteiger charge is -2.07. The van der Waals surface area contributed by atoms with Crippen LogP contribution in [0.5, 0.6) is 0 Å². The van der Waals surface area contributed by atoms with E-state index in [9.17, 15) is 4.79 Å². The molecule has 0 saturated carbocycles. The quantitative estimate of drug-likeness (QED) is 0.735. The maximum Gasteiger partial charge on any atom is 0.323 e. The average Bonchev–Trinajstić information content (AvgIpc) is 2.33. The number of aromatic nitrogens is 2. The Labute approximate surface area is 70.9 Å². The number of carbonyl (C=O) groups is 1. The molecule has 1 heterocycles. The minimum Gasteiger partial charge on any atom is -0.480 e. The van der Waals surface area contributed by atoms with E-state index in [0.29, 0.717) is 5.92 Å². The minimum atomic E-state index is -0.838. The molecule has 0 aliphatic rings. The zero-order valence-corrected chi connectivity index (χ0v) is 7.19. The van der Waals surface area contributed by atoms with Crippen molar-refractivity contribution >= 4 is 5.97 Å². The number of aliphatic carboxylic acids is 1. The van der Waals surface area contributed by atoms with Crippen LogP contribution in [-0.4, -0.2) is 20.6 Å². The van der Waals surface area contributed by atoms with Crippen LogP contribution in [0.2, 0.25) is 0 Å². The van der Waals surface area contributed by atoms with E-state index in [0.717, 1.165) is 5.69 Å². The summed E-state index contributed by atoms with van der Waals surface area (Å²) in [5.41, 5.74) is 0.956. The number of rotatable bonds is 3. The van der Waals surface area contributed by atoms with Crippen LogP contribution in [0.25, 0.3) is 0 Å². The highest BCUT2D eigenvalue weighted by Gasteiger charge is 2.07. The predicted octanol–water partition coefficient (Wildman–Crippen LogP) is 1.09. The molecule has 1 N–H and O–H groups in total. The fraction of sp³-hybridized carbons (Fsp3) is 0.500. The SMILES string of the molecule is CC(C)c1cncn1CC(=O)O. The average molecular weight is 168 g/mol. The molecule has 4 nitrogen and oxygen atoms in total. The molecule has 66 valence electrons. The molecular formula is C8H12N2O2. The summed E-state index contributed by atoms with van der Waals surface area (Å²) in [5, 5.41) is 8.54. The highest BCUT2D eigenvalue weighted by Crippen LogP contribution is 2.12. The molecular weight excluding hydrogens is 156 g/mol. The molecule has 0 radical (unpaired) electrons. The zero-order valence-electron chi connectivity index (χ0n) is 7.19. The van der Waals surface area contributed by atoms with Crippen molar-refractivity contribution in [3.63, 3.8) is 0 Å². The van der Waals surface area contributed by atoms with Gasteiger partial charge in [-0.2, -0.15) is 0 Å². The fourth-order valence-corrected chi connectivity index (χ4v) is 1.09. The van der Waals surface area contributed by atoms with Gasteiger partial charge in [-0.25, -0.2) is 4.98 Å². The summed E-state index contributed by atoms with van der Waals surface area (Å²) in [6, 6.07) is 0. The molecule has 0 aliphatic heterocycles. The standard InChI is InChI=1S/C8H12N2O2/c1-6(2)7-3-9-5-10(7)4-8(11)12/h3,5-6H,4H2,1-2H3,(H,11,12). The Balaban J connectivity index is 2.84. The van der Waals surface area contributed by atoms with Gasteiger partial charge in [-0.05, 0) is 5.92 Å². The van der Waals surface area contributed by atoms with Crippen molar-refractivity contribution in [2.45, 2.75) is 26.3 Å². The molecule has 4 heteroatoms. The van der Waals surface area contributed by atoms with E-state index in [1.54, 1.807) is 17.1 Å². The first-order chi connectivity index (χ1) is 5.61. The number of hydrogen-bond acceptors (Lipinski definition) is 2. The van der Waals surface area contributed by atoms with Crippen molar-refractivity contribution in [2.75, 3.05) is 0 Å². The van der Waals surface area contributed by atoms with Crippen LogP contribution in [0, 0.1) is 0 Å². The number of nitrogens with zero attached hydrogens (tertiary/aromatic N) is 2. The van der Waals surface area contributed by atoms with Gasteiger partial charge < -0.3 is 9.67 Å².